The fourth-order valence-corrected chi connectivity index (χ4v) is 2.81. The van der Waals surface area contributed by atoms with Crippen LogP contribution in [0.15, 0.2) is 70.0 Å². The van der Waals surface area contributed by atoms with Crippen LogP contribution in [0.4, 0.5) is 5.69 Å². The fourth-order valence-electron chi connectivity index (χ4n) is 2.81. The number of rotatable bonds is 3. The highest BCUT2D eigenvalue weighted by molar-refractivity contribution is 5.97. The van der Waals surface area contributed by atoms with Gasteiger partial charge in [-0.05, 0) is 35.9 Å². The van der Waals surface area contributed by atoms with Gasteiger partial charge in [-0.2, -0.15) is 0 Å². The molecule has 2 aromatic heterocycles. The van der Waals surface area contributed by atoms with E-state index in [0.717, 1.165) is 21.9 Å². The van der Waals surface area contributed by atoms with Crippen molar-refractivity contribution in [3.05, 3.63) is 76.8 Å². The largest absolute Gasteiger partial charge is 0.423 e. The van der Waals surface area contributed by atoms with Gasteiger partial charge in [0, 0.05) is 34.2 Å². The molecule has 0 atom stereocenters. The van der Waals surface area contributed by atoms with E-state index in [1.54, 1.807) is 24.3 Å². The van der Waals surface area contributed by atoms with E-state index in [1.165, 1.54) is 6.07 Å². The van der Waals surface area contributed by atoms with Gasteiger partial charge in [-0.3, -0.25) is 4.79 Å². The van der Waals surface area contributed by atoms with Gasteiger partial charge in [0.25, 0.3) is 0 Å². The molecule has 0 saturated carbocycles. The molecule has 2 aromatic carbocycles. The topological polar surface area (TPSA) is 75.1 Å². The Labute approximate surface area is 136 Å². The fraction of sp³-hybridized carbons (Fsp3) is 0.0526. The van der Waals surface area contributed by atoms with Crippen molar-refractivity contribution in [1.82, 2.24) is 4.98 Å². The lowest BCUT2D eigenvalue weighted by molar-refractivity contribution is -0.115. The van der Waals surface area contributed by atoms with Crippen molar-refractivity contribution < 1.29 is 9.21 Å². The minimum Gasteiger partial charge on any atom is -0.423 e. The van der Waals surface area contributed by atoms with Crippen LogP contribution in [-0.2, 0) is 11.2 Å². The number of hydrogen-bond acceptors (Lipinski definition) is 3. The molecule has 0 unspecified atom stereocenters. The van der Waals surface area contributed by atoms with Gasteiger partial charge in [0.05, 0.1) is 6.42 Å². The Morgan fingerprint density at radius 1 is 1.08 bits per heavy atom. The van der Waals surface area contributed by atoms with Gasteiger partial charge in [0.2, 0.25) is 5.91 Å². The van der Waals surface area contributed by atoms with Crippen LogP contribution in [0, 0.1) is 0 Å². The molecular weight excluding hydrogens is 304 g/mol. The molecule has 0 fully saturated rings. The van der Waals surface area contributed by atoms with E-state index >= 15 is 0 Å². The Balaban J connectivity index is 1.55. The summed E-state index contributed by atoms with van der Waals surface area (Å²) in [5.41, 5.74) is 2.74. The Bertz CT molecular complexity index is 1110. The van der Waals surface area contributed by atoms with Crippen LogP contribution in [0.5, 0.6) is 0 Å². The quantitative estimate of drug-likeness (QED) is 0.568. The van der Waals surface area contributed by atoms with E-state index in [-0.39, 0.29) is 12.3 Å². The number of para-hydroxylation sites is 1. The van der Waals surface area contributed by atoms with Crippen molar-refractivity contribution in [2.75, 3.05) is 5.32 Å². The molecule has 4 rings (SSSR count). The molecule has 5 nitrogen and oxygen atoms in total. The number of nitrogens with one attached hydrogen (secondary N) is 2. The highest BCUT2D eigenvalue weighted by Gasteiger charge is 2.09. The van der Waals surface area contributed by atoms with Crippen LogP contribution < -0.4 is 10.9 Å². The lowest BCUT2D eigenvalue weighted by Gasteiger charge is -2.06. The number of aromatic nitrogens is 1. The molecule has 0 bridgehead atoms. The van der Waals surface area contributed by atoms with Crippen molar-refractivity contribution in [3.8, 4) is 0 Å². The summed E-state index contributed by atoms with van der Waals surface area (Å²) in [6, 6.07) is 16.1. The van der Waals surface area contributed by atoms with Crippen molar-refractivity contribution >= 4 is 33.5 Å². The van der Waals surface area contributed by atoms with E-state index in [0.29, 0.717) is 11.3 Å². The number of aromatic amines is 1. The molecule has 1 amide bonds. The highest BCUT2D eigenvalue weighted by Crippen LogP contribution is 2.20. The molecule has 0 aliphatic heterocycles. The smallest absolute Gasteiger partial charge is 0.336 e. The maximum Gasteiger partial charge on any atom is 0.336 e. The van der Waals surface area contributed by atoms with E-state index in [2.05, 4.69) is 10.3 Å². The molecular formula is C19H14N2O3. The number of hydrogen-bond donors (Lipinski definition) is 2. The molecule has 5 heteroatoms. The summed E-state index contributed by atoms with van der Waals surface area (Å²) in [6.07, 6.45) is 2.14. The molecule has 0 radical (unpaired) electrons. The SMILES string of the molecule is O=C(Cc1c[nH]c2ccccc12)Nc1ccc2oc(=O)ccc2c1. The van der Waals surface area contributed by atoms with Crippen LogP contribution in [0.3, 0.4) is 0 Å². The van der Waals surface area contributed by atoms with Crippen molar-refractivity contribution in [3.63, 3.8) is 0 Å². The number of anilines is 1. The predicted molar refractivity (Wildman–Crippen MR) is 93.1 cm³/mol. The molecule has 24 heavy (non-hydrogen) atoms. The second-order valence-electron chi connectivity index (χ2n) is 5.59. The number of fused-ring (bicyclic) bond motifs is 2. The monoisotopic (exact) mass is 318 g/mol. The summed E-state index contributed by atoms with van der Waals surface area (Å²) in [6.45, 7) is 0. The first-order chi connectivity index (χ1) is 11.7. The number of carbonyl (C=O) groups is 1. The standard InChI is InChI=1S/C19H14N2O3/c22-18(10-13-11-20-16-4-2-1-3-15(13)16)21-14-6-7-17-12(9-14)5-8-19(23)24-17/h1-9,11,20H,10H2,(H,21,22). The first kappa shape index (κ1) is 14.3. The van der Waals surface area contributed by atoms with Gasteiger partial charge >= 0.3 is 5.63 Å². The summed E-state index contributed by atoms with van der Waals surface area (Å²) in [5.74, 6) is -0.100. The molecule has 2 N–H and O–H groups in total. The van der Waals surface area contributed by atoms with Gasteiger partial charge in [0.15, 0.2) is 0 Å². The first-order valence-electron chi connectivity index (χ1n) is 7.58. The third kappa shape index (κ3) is 2.67. The zero-order chi connectivity index (χ0) is 16.5. The van der Waals surface area contributed by atoms with Crippen LogP contribution in [0.1, 0.15) is 5.56 Å². The normalized spacial score (nSPS) is 11.0. The average molecular weight is 318 g/mol. The number of carbonyl (C=O) groups excluding carboxylic acids is 1. The molecule has 4 aromatic rings. The summed E-state index contributed by atoms with van der Waals surface area (Å²) < 4.78 is 5.08. The van der Waals surface area contributed by atoms with Gasteiger partial charge in [0.1, 0.15) is 5.58 Å². The van der Waals surface area contributed by atoms with Gasteiger partial charge in [-0.25, -0.2) is 4.79 Å². The third-order valence-corrected chi connectivity index (χ3v) is 3.93. The van der Waals surface area contributed by atoms with Crippen molar-refractivity contribution in [2.24, 2.45) is 0 Å². The van der Waals surface area contributed by atoms with Gasteiger partial charge in [-0.1, -0.05) is 18.2 Å². The first-order valence-corrected chi connectivity index (χ1v) is 7.58. The lowest BCUT2D eigenvalue weighted by Crippen LogP contribution is -2.14. The summed E-state index contributed by atoms with van der Waals surface area (Å²) >= 11 is 0. The maximum absolute atomic E-state index is 12.3. The minimum atomic E-state index is -0.390. The number of benzene rings is 2. The molecule has 0 spiro atoms. The van der Waals surface area contributed by atoms with E-state index in [9.17, 15) is 9.59 Å². The zero-order valence-electron chi connectivity index (χ0n) is 12.7. The molecule has 0 aliphatic carbocycles. The van der Waals surface area contributed by atoms with Crippen LogP contribution >= 0.6 is 0 Å². The summed E-state index contributed by atoms with van der Waals surface area (Å²) in [5, 5.41) is 4.69. The Morgan fingerprint density at radius 3 is 2.88 bits per heavy atom. The Morgan fingerprint density at radius 2 is 1.96 bits per heavy atom. The van der Waals surface area contributed by atoms with E-state index < -0.39 is 5.63 Å². The maximum atomic E-state index is 12.3. The number of amides is 1. The van der Waals surface area contributed by atoms with E-state index in [4.69, 9.17) is 4.42 Å². The zero-order valence-corrected chi connectivity index (χ0v) is 12.7. The minimum absolute atomic E-state index is 0.100. The van der Waals surface area contributed by atoms with Crippen molar-refractivity contribution in [1.29, 1.82) is 0 Å². The number of H-pyrrole nitrogens is 1. The Kier molecular flexibility index (Phi) is 3.39. The molecule has 0 aliphatic rings. The highest BCUT2D eigenvalue weighted by atomic mass is 16.4. The Hall–Kier alpha value is -3.34. The molecule has 118 valence electrons. The van der Waals surface area contributed by atoms with Gasteiger partial charge in [-0.15, -0.1) is 0 Å². The van der Waals surface area contributed by atoms with E-state index in [1.807, 2.05) is 30.5 Å². The van der Waals surface area contributed by atoms with Gasteiger partial charge < -0.3 is 14.7 Å². The predicted octanol–water partition coefficient (Wildman–Crippen LogP) is 3.46. The van der Waals surface area contributed by atoms with Crippen LogP contribution in [0.2, 0.25) is 0 Å². The van der Waals surface area contributed by atoms with Crippen molar-refractivity contribution in [2.45, 2.75) is 6.42 Å². The third-order valence-electron chi connectivity index (χ3n) is 3.93. The lowest BCUT2D eigenvalue weighted by atomic mass is 10.1. The average Bonchev–Trinajstić information content (AvgIpc) is 2.98. The second-order valence-corrected chi connectivity index (χ2v) is 5.59. The van der Waals surface area contributed by atoms with Crippen LogP contribution in [0.25, 0.3) is 21.9 Å². The summed E-state index contributed by atoms with van der Waals surface area (Å²) in [4.78, 5) is 26.7. The second kappa shape index (κ2) is 5.70. The summed E-state index contributed by atoms with van der Waals surface area (Å²) in [7, 11) is 0. The van der Waals surface area contributed by atoms with Crippen LogP contribution in [-0.4, -0.2) is 10.9 Å². The molecule has 0 saturated heterocycles. The molecule has 2 heterocycles.